The molecule has 2 aliphatic heterocycles. The second-order valence-corrected chi connectivity index (χ2v) is 14.1. The van der Waals surface area contributed by atoms with Crippen LogP contribution in [0.4, 0.5) is 8.78 Å². The third-order valence-electron chi connectivity index (χ3n) is 9.97. The van der Waals surface area contributed by atoms with Crippen molar-refractivity contribution in [3.8, 4) is 0 Å². The van der Waals surface area contributed by atoms with Crippen molar-refractivity contribution in [2.75, 3.05) is 26.2 Å². The Balaban J connectivity index is 1.56. The van der Waals surface area contributed by atoms with Crippen molar-refractivity contribution < 1.29 is 18.4 Å². The Labute approximate surface area is 257 Å². The average Bonchev–Trinajstić information content (AvgIpc) is 2.93. The normalized spacial score (nSPS) is 21.3. The average molecular weight is 596 g/mol. The summed E-state index contributed by atoms with van der Waals surface area (Å²) in [6.45, 7) is 21.1. The molecule has 5 nitrogen and oxygen atoms in total. The molecule has 1 unspecified atom stereocenters. The molecule has 2 aromatic rings. The van der Waals surface area contributed by atoms with E-state index in [1.54, 1.807) is 6.92 Å². The summed E-state index contributed by atoms with van der Waals surface area (Å²) in [4.78, 5) is 32.9. The lowest BCUT2D eigenvalue weighted by Gasteiger charge is -2.46. The van der Waals surface area contributed by atoms with Gasteiger partial charge in [-0.15, -0.1) is 0 Å². The van der Waals surface area contributed by atoms with Crippen molar-refractivity contribution in [1.29, 1.82) is 0 Å². The van der Waals surface area contributed by atoms with Gasteiger partial charge in [-0.1, -0.05) is 18.2 Å². The molecule has 0 spiro atoms. The van der Waals surface area contributed by atoms with Crippen molar-refractivity contribution in [3.05, 3.63) is 69.8 Å². The van der Waals surface area contributed by atoms with E-state index in [-0.39, 0.29) is 47.2 Å². The van der Waals surface area contributed by atoms with Gasteiger partial charge in [0.15, 0.2) is 0 Å². The highest BCUT2D eigenvalue weighted by Crippen LogP contribution is 2.40. The molecule has 43 heavy (non-hydrogen) atoms. The smallest absolute Gasteiger partial charge is 0.226 e. The lowest BCUT2D eigenvalue weighted by atomic mass is 9.77. The minimum Gasteiger partial charge on any atom is -0.342 e. The van der Waals surface area contributed by atoms with Crippen LogP contribution in [0.2, 0.25) is 0 Å². The van der Waals surface area contributed by atoms with Crippen molar-refractivity contribution in [2.45, 2.75) is 111 Å². The fourth-order valence-electron chi connectivity index (χ4n) is 7.43. The highest BCUT2D eigenvalue weighted by Gasteiger charge is 2.41. The fraction of sp³-hybridized carbons (Fsp3) is 0.611. The number of carbonyl (C=O) groups excluding carboxylic acids is 2. The van der Waals surface area contributed by atoms with Crippen LogP contribution in [0.25, 0.3) is 0 Å². The predicted octanol–water partition coefficient (Wildman–Crippen LogP) is 7.51. The molecular formula is C36H51F2N3O2. The maximum Gasteiger partial charge on any atom is 0.226 e. The molecule has 4 rings (SSSR count). The third kappa shape index (κ3) is 7.13. The maximum absolute atomic E-state index is 15.1. The van der Waals surface area contributed by atoms with Crippen LogP contribution in [0.3, 0.4) is 0 Å². The van der Waals surface area contributed by atoms with E-state index in [4.69, 9.17) is 0 Å². The van der Waals surface area contributed by atoms with Crippen LogP contribution in [0, 0.1) is 31.4 Å². The Hall–Kier alpha value is -2.80. The van der Waals surface area contributed by atoms with Gasteiger partial charge in [0, 0.05) is 56.0 Å². The Morgan fingerprint density at radius 1 is 0.907 bits per heavy atom. The van der Waals surface area contributed by atoms with Crippen LogP contribution >= 0.6 is 0 Å². The molecule has 2 aromatic carbocycles. The largest absolute Gasteiger partial charge is 0.342 e. The molecule has 2 fully saturated rings. The Morgan fingerprint density at radius 2 is 1.53 bits per heavy atom. The predicted molar refractivity (Wildman–Crippen MR) is 169 cm³/mol. The molecular weight excluding hydrogens is 544 g/mol. The summed E-state index contributed by atoms with van der Waals surface area (Å²) in [7, 11) is 0. The van der Waals surface area contributed by atoms with Crippen molar-refractivity contribution >= 4 is 11.8 Å². The van der Waals surface area contributed by atoms with E-state index in [1.807, 2.05) is 9.80 Å². The molecule has 0 radical (unpaired) electrons. The van der Waals surface area contributed by atoms with Crippen LogP contribution in [0.5, 0.6) is 0 Å². The minimum absolute atomic E-state index is 0.0502. The van der Waals surface area contributed by atoms with Gasteiger partial charge in [0.1, 0.15) is 11.6 Å². The highest BCUT2D eigenvalue weighted by molar-refractivity contribution is 5.80. The number of rotatable bonds is 6. The molecule has 3 atom stereocenters. The lowest BCUT2D eigenvalue weighted by molar-refractivity contribution is -0.139. The maximum atomic E-state index is 15.1. The zero-order valence-corrected chi connectivity index (χ0v) is 27.6. The van der Waals surface area contributed by atoms with Crippen LogP contribution in [0.1, 0.15) is 113 Å². The molecule has 0 bridgehead atoms. The molecule has 2 aliphatic rings. The zero-order chi connectivity index (χ0) is 31.8. The Bertz CT molecular complexity index is 1330. The molecule has 0 aromatic heterocycles. The number of hydrogen-bond acceptors (Lipinski definition) is 3. The summed E-state index contributed by atoms with van der Waals surface area (Å²) in [5.74, 6) is -1.42. The monoisotopic (exact) mass is 595 g/mol. The molecule has 2 amide bonds. The topological polar surface area (TPSA) is 43.9 Å². The van der Waals surface area contributed by atoms with Crippen molar-refractivity contribution in [1.82, 2.24) is 14.7 Å². The summed E-state index contributed by atoms with van der Waals surface area (Å²) in [5.41, 5.74) is 5.23. The van der Waals surface area contributed by atoms with Gasteiger partial charge in [0.05, 0.1) is 6.04 Å². The lowest BCUT2D eigenvalue weighted by Crippen LogP contribution is -2.53. The number of benzene rings is 2. The third-order valence-corrected chi connectivity index (χ3v) is 9.97. The second kappa shape index (κ2) is 13.1. The molecule has 2 heterocycles. The summed E-state index contributed by atoms with van der Waals surface area (Å²) in [5, 5.41) is 0. The van der Waals surface area contributed by atoms with Crippen LogP contribution in [-0.2, 0) is 9.59 Å². The van der Waals surface area contributed by atoms with Crippen LogP contribution in [-0.4, -0.2) is 64.3 Å². The first-order valence-corrected chi connectivity index (χ1v) is 16.0. The van der Waals surface area contributed by atoms with E-state index in [2.05, 4.69) is 72.4 Å². The SMILES string of the molecule is CC(=O)N(C(C)C)[C@H](C)c1cc(C)c(C)cc1C1CCN(C(=O)C2CCN(C(C)(C)C)C[C@H]2c2ccc(F)cc2F)CC1. The van der Waals surface area contributed by atoms with Gasteiger partial charge < -0.3 is 9.80 Å². The van der Waals surface area contributed by atoms with E-state index in [1.165, 1.54) is 34.4 Å². The number of nitrogens with zero attached hydrogens (tertiary/aromatic N) is 3. The molecule has 2 saturated heterocycles. The van der Waals surface area contributed by atoms with Gasteiger partial charge >= 0.3 is 0 Å². The van der Waals surface area contributed by atoms with Gasteiger partial charge in [-0.3, -0.25) is 14.5 Å². The van der Waals surface area contributed by atoms with Gasteiger partial charge in [-0.05, 0) is 121 Å². The molecule has 0 N–H and O–H groups in total. The number of likely N-dealkylation sites (tertiary alicyclic amines) is 2. The molecule has 236 valence electrons. The van der Waals surface area contributed by atoms with Gasteiger partial charge in [0.25, 0.3) is 0 Å². The quantitative estimate of drug-likeness (QED) is 0.347. The first-order chi connectivity index (χ1) is 20.1. The second-order valence-electron chi connectivity index (χ2n) is 14.1. The van der Waals surface area contributed by atoms with Gasteiger partial charge in [0.2, 0.25) is 11.8 Å². The Morgan fingerprint density at radius 3 is 2.09 bits per heavy atom. The Kier molecular flexibility index (Phi) is 10.0. The number of carbonyl (C=O) groups is 2. The van der Waals surface area contributed by atoms with E-state index in [9.17, 15) is 14.0 Å². The van der Waals surface area contributed by atoms with E-state index in [0.29, 0.717) is 31.6 Å². The minimum atomic E-state index is -0.602. The van der Waals surface area contributed by atoms with E-state index in [0.717, 1.165) is 25.5 Å². The van der Waals surface area contributed by atoms with Crippen LogP contribution in [0.15, 0.2) is 30.3 Å². The number of piperidine rings is 2. The standard InChI is InChI=1S/C36H51F2N3O2/c1-22(2)41(26(6)42)25(5)31-18-23(3)24(4)19-32(31)27-12-15-39(16-13-27)35(43)30-14-17-40(36(7,8)9)21-33(30)29-11-10-28(37)20-34(29)38/h10-11,18-20,22,25,27,30,33H,12-17,21H2,1-9H3/t25-,30?,33+/m1/s1. The zero-order valence-electron chi connectivity index (χ0n) is 27.6. The van der Waals surface area contributed by atoms with E-state index >= 15 is 4.39 Å². The molecule has 7 heteroatoms. The molecule has 0 saturated carbocycles. The summed E-state index contributed by atoms with van der Waals surface area (Å²) >= 11 is 0. The van der Waals surface area contributed by atoms with Crippen molar-refractivity contribution in [2.24, 2.45) is 5.92 Å². The summed E-state index contributed by atoms with van der Waals surface area (Å²) < 4.78 is 28.9. The van der Waals surface area contributed by atoms with Gasteiger partial charge in [-0.2, -0.15) is 0 Å². The number of aryl methyl sites for hydroxylation is 2. The van der Waals surface area contributed by atoms with Gasteiger partial charge in [-0.25, -0.2) is 8.78 Å². The van der Waals surface area contributed by atoms with E-state index < -0.39 is 11.6 Å². The summed E-state index contributed by atoms with van der Waals surface area (Å²) in [6, 6.07) is 8.34. The number of hydrogen-bond donors (Lipinski definition) is 0. The first kappa shape index (κ1) is 33.1. The fourth-order valence-corrected chi connectivity index (χ4v) is 7.43. The summed E-state index contributed by atoms with van der Waals surface area (Å²) in [6.07, 6.45) is 2.32. The van der Waals surface area contributed by atoms with Crippen LogP contribution < -0.4 is 0 Å². The number of amides is 2. The number of halogens is 2. The first-order valence-electron chi connectivity index (χ1n) is 16.0. The molecule has 0 aliphatic carbocycles. The van der Waals surface area contributed by atoms with Crippen molar-refractivity contribution in [3.63, 3.8) is 0 Å². The highest BCUT2D eigenvalue weighted by atomic mass is 19.1.